The van der Waals surface area contributed by atoms with Gasteiger partial charge in [-0.2, -0.15) is 26.3 Å². The van der Waals surface area contributed by atoms with Crippen LogP contribution in [0.1, 0.15) is 5.56 Å². The Morgan fingerprint density at radius 1 is 1.26 bits per heavy atom. The van der Waals surface area contributed by atoms with E-state index >= 15 is 0 Å². The number of amides is 2. The summed E-state index contributed by atoms with van der Waals surface area (Å²) in [5.41, 5.74) is -0.0987. The van der Waals surface area contributed by atoms with Crippen LogP contribution in [0.25, 0.3) is 0 Å². The van der Waals surface area contributed by atoms with E-state index in [1.54, 1.807) is 0 Å². The fourth-order valence-corrected chi connectivity index (χ4v) is 1.66. The number of aliphatic hydroxyl groups is 1. The molecule has 1 rings (SSSR count). The number of hydrogen-bond donors (Lipinski definition) is 2. The van der Waals surface area contributed by atoms with E-state index in [0.717, 1.165) is 13.1 Å². The maximum absolute atomic E-state index is 12.3. The first-order chi connectivity index (χ1) is 10.4. The van der Waals surface area contributed by atoms with Crippen molar-refractivity contribution >= 4 is 11.7 Å². The number of alkyl halides is 6. The van der Waals surface area contributed by atoms with Gasteiger partial charge in [0, 0.05) is 12.7 Å². The molecule has 23 heavy (non-hydrogen) atoms. The Morgan fingerprint density at radius 3 is 2.39 bits per heavy atom. The van der Waals surface area contributed by atoms with E-state index in [0.29, 0.717) is 4.90 Å². The molecule has 10 heteroatoms. The van der Waals surface area contributed by atoms with E-state index < -0.39 is 37.5 Å². The number of carbonyl (C=O) groups is 1. The molecule has 1 atom stereocenters. The molecule has 2 amide bonds. The predicted octanol–water partition coefficient (Wildman–Crippen LogP) is 3.18. The Balaban J connectivity index is 2.68. The van der Waals surface area contributed by atoms with Crippen molar-refractivity contribution < 1.29 is 36.2 Å². The summed E-state index contributed by atoms with van der Waals surface area (Å²) in [5, 5.41) is 11.0. The molecular weight excluding hydrogens is 330 g/mol. The minimum atomic E-state index is -4.87. The Labute approximate surface area is 127 Å². The minimum Gasteiger partial charge on any atom is -0.382 e. The van der Waals surface area contributed by atoms with Crippen molar-refractivity contribution in [2.75, 3.05) is 18.9 Å². The molecule has 0 heterocycles. The highest BCUT2D eigenvalue weighted by Gasteiger charge is 2.39. The molecule has 0 saturated carbocycles. The summed E-state index contributed by atoms with van der Waals surface area (Å²) in [5.74, 6) is 0. The summed E-state index contributed by atoms with van der Waals surface area (Å²) in [6.07, 6.45) is -13.2. The molecule has 0 bridgehead atoms. The Bertz CT molecular complexity index is 544. The number of benzene rings is 1. The molecule has 0 aliphatic rings. The van der Waals surface area contributed by atoms with Gasteiger partial charge in [-0.05, 0) is 17.7 Å². The van der Waals surface area contributed by atoms with Gasteiger partial charge in [-0.15, -0.1) is 0 Å². The van der Waals surface area contributed by atoms with E-state index in [2.05, 4.69) is 5.32 Å². The molecule has 0 radical (unpaired) electrons. The van der Waals surface area contributed by atoms with Gasteiger partial charge in [-0.25, -0.2) is 4.79 Å². The molecule has 130 valence electrons. The third-order valence-corrected chi connectivity index (χ3v) is 2.75. The zero-order valence-electron chi connectivity index (χ0n) is 11.9. The maximum Gasteiger partial charge on any atom is 0.416 e. The summed E-state index contributed by atoms with van der Waals surface area (Å²) in [6.45, 7) is -1.00. The van der Waals surface area contributed by atoms with Gasteiger partial charge in [0.1, 0.15) is 0 Å². The number of halogens is 6. The normalized spacial score (nSPS) is 13.6. The van der Waals surface area contributed by atoms with Crippen molar-refractivity contribution in [3.63, 3.8) is 0 Å². The third kappa shape index (κ3) is 6.76. The van der Waals surface area contributed by atoms with Crippen LogP contribution in [0.3, 0.4) is 0 Å². The van der Waals surface area contributed by atoms with E-state index in [1.165, 1.54) is 18.2 Å². The molecule has 2 N–H and O–H groups in total. The zero-order valence-corrected chi connectivity index (χ0v) is 11.9. The SMILES string of the molecule is CN(CC(O)C(F)(F)F)C(=O)Nc1cccc(CC(F)(F)F)c1. The Morgan fingerprint density at radius 2 is 1.87 bits per heavy atom. The lowest BCUT2D eigenvalue weighted by molar-refractivity contribution is -0.205. The smallest absolute Gasteiger partial charge is 0.382 e. The first-order valence-electron chi connectivity index (χ1n) is 6.31. The molecule has 4 nitrogen and oxygen atoms in total. The Kier molecular flexibility index (Phi) is 5.86. The summed E-state index contributed by atoms with van der Waals surface area (Å²) < 4.78 is 73.5. The lowest BCUT2D eigenvalue weighted by Gasteiger charge is -2.22. The topological polar surface area (TPSA) is 52.6 Å². The van der Waals surface area contributed by atoms with E-state index in [1.807, 2.05) is 0 Å². The molecule has 0 aliphatic carbocycles. The molecule has 1 aromatic rings. The second-order valence-electron chi connectivity index (χ2n) is 4.86. The summed E-state index contributed by atoms with van der Waals surface area (Å²) >= 11 is 0. The standard InChI is InChI=1S/C13H14F6N2O2/c1-21(7-10(22)13(17,18)19)11(23)20-9-4-2-3-8(5-9)6-12(14,15)16/h2-5,10,22H,6-7H2,1H3,(H,20,23). The second-order valence-corrected chi connectivity index (χ2v) is 4.86. The van der Waals surface area contributed by atoms with E-state index in [-0.39, 0.29) is 11.3 Å². The summed E-state index contributed by atoms with van der Waals surface area (Å²) in [6, 6.07) is 3.87. The first-order valence-corrected chi connectivity index (χ1v) is 6.31. The molecule has 0 spiro atoms. The van der Waals surface area contributed by atoms with Crippen molar-refractivity contribution in [2.45, 2.75) is 24.9 Å². The van der Waals surface area contributed by atoms with Gasteiger partial charge in [0.25, 0.3) is 0 Å². The van der Waals surface area contributed by atoms with Crippen LogP contribution in [-0.4, -0.2) is 48.1 Å². The van der Waals surface area contributed by atoms with Crippen molar-refractivity contribution in [3.8, 4) is 0 Å². The number of aliphatic hydroxyl groups excluding tert-OH is 1. The maximum atomic E-state index is 12.3. The van der Waals surface area contributed by atoms with Crippen LogP contribution < -0.4 is 5.32 Å². The van der Waals surface area contributed by atoms with Crippen molar-refractivity contribution in [2.24, 2.45) is 0 Å². The number of nitrogens with zero attached hydrogens (tertiary/aromatic N) is 1. The molecule has 1 aromatic carbocycles. The largest absolute Gasteiger partial charge is 0.416 e. The monoisotopic (exact) mass is 344 g/mol. The van der Waals surface area contributed by atoms with Crippen LogP contribution in [0.5, 0.6) is 0 Å². The molecular formula is C13H14F6N2O2. The predicted molar refractivity (Wildman–Crippen MR) is 69.9 cm³/mol. The van der Waals surface area contributed by atoms with Crippen molar-refractivity contribution in [1.82, 2.24) is 4.90 Å². The number of nitrogens with one attached hydrogen (secondary N) is 1. The Hall–Kier alpha value is -1.97. The van der Waals surface area contributed by atoms with Gasteiger partial charge in [-0.1, -0.05) is 12.1 Å². The van der Waals surface area contributed by atoms with Gasteiger partial charge in [0.2, 0.25) is 0 Å². The number of anilines is 1. The van der Waals surface area contributed by atoms with Crippen LogP contribution in [-0.2, 0) is 6.42 Å². The van der Waals surface area contributed by atoms with Crippen LogP contribution in [0, 0.1) is 0 Å². The highest BCUT2D eigenvalue weighted by molar-refractivity contribution is 5.89. The van der Waals surface area contributed by atoms with Gasteiger partial charge < -0.3 is 15.3 Å². The van der Waals surface area contributed by atoms with Crippen molar-refractivity contribution in [3.05, 3.63) is 29.8 Å². The first kappa shape index (κ1) is 19.1. The number of rotatable bonds is 4. The van der Waals surface area contributed by atoms with Gasteiger partial charge in [0.05, 0.1) is 13.0 Å². The fourth-order valence-electron chi connectivity index (χ4n) is 1.66. The average Bonchev–Trinajstić information content (AvgIpc) is 2.35. The highest BCUT2D eigenvalue weighted by atomic mass is 19.4. The van der Waals surface area contributed by atoms with E-state index in [4.69, 9.17) is 5.11 Å². The molecule has 0 saturated heterocycles. The highest BCUT2D eigenvalue weighted by Crippen LogP contribution is 2.23. The van der Waals surface area contributed by atoms with Crippen molar-refractivity contribution in [1.29, 1.82) is 0 Å². The van der Waals surface area contributed by atoms with Gasteiger partial charge in [-0.3, -0.25) is 0 Å². The molecule has 1 unspecified atom stereocenters. The summed E-state index contributed by atoms with van der Waals surface area (Å²) in [4.78, 5) is 12.3. The lowest BCUT2D eigenvalue weighted by Crippen LogP contribution is -2.43. The minimum absolute atomic E-state index is 0.00472. The van der Waals surface area contributed by atoms with Crippen LogP contribution in [0.2, 0.25) is 0 Å². The quantitative estimate of drug-likeness (QED) is 0.825. The number of urea groups is 1. The number of carbonyl (C=O) groups excluding carboxylic acids is 1. The fraction of sp³-hybridized carbons (Fsp3) is 0.462. The number of hydrogen-bond acceptors (Lipinski definition) is 2. The lowest BCUT2D eigenvalue weighted by atomic mass is 10.1. The zero-order chi connectivity index (χ0) is 17.8. The van der Waals surface area contributed by atoms with Gasteiger partial charge >= 0.3 is 18.4 Å². The molecule has 0 fully saturated rings. The van der Waals surface area contributed by atoms with E-state index in [9.17, 15) is 31.1 Å². The molecule has 0 aliphatic heterocycles. The second kappa shape index (κ2) is 7.07. The van der Waals surface area contributed by atoms with Crippen LogP contribution in [0.4, 0.5) is 36.8 Å². The third-order valence-electron chi connectivity index (χ3n) is 2.75. The molecule has 0 aromatic heterocycles. The average molecular weight is 344 g/mol. The number of likely N-dealkylation sites (N-methyl/N-ethyl adjacent to an activating group) is 1. The summed E-state index contributed by atoms with van der Waals surface area (Å²) in [7, 11) is 1.02. The van der Waals surface area contributed by atoms with Crippen LogP contribution >= 0.6 is 0 Å². The van der Waals surface area contributed by atoms with Gasteiger partial charge in [0.15, 0.2) is 6.10 Å². The van der Waals surface area contributed by atoms with Crippen LogP contribution in [0.15, 0.2) is 24.3 Å².